The Morgan fingerprint density at radius 1 is 1.22 bits per heavy atom. The number of hydrazone groups is 1. The fourth-order valence-electron chi connectivity index (χ4n) is 1.23. The maximum absolute atomic E-state index is 11.5. The summed E-state index contributed by atoms with van der Waals surface area (Å²) in [5.41, 5.74) is 3.13. The van der Waals surface area contributed by atoms with Gasteiger partial charge < -0.3 is 5.32 Å². The summed E-state index contributed by atoms with van der Waals surface area (Å²) in [6, 6.07) is 12.7. The first-order valence-corrected chi connectivity index (χ1v) is 6.75. The molecule has 0 radical (unpaired) electrons. The van der Waals surface area contributed by atoms with Gasteiger partial charge >= 0.3 is 6.03 Å². The van der Waals surface area contributed by atoms with Crippen molar-refractivity contribution in [3.05, 3.63) is 51.1 Å². The summed E-state index contributed by atoms with van der Waals surface area (Å²) in [7, 11) is 0. The van der Waals surface area contributed by atoms with Crippen LogP contribution in [-0.2, 0) is 0 Å². The highest BCUT2D eigenvalue weighted by molar-refractivity contribution is 9.11. The van der Waals surface area contributed by atoms with Gasteiger partial charge in [-0.2, -0.15) is 5.10 Å². The number of thiophene rings is 1. The lowest BCUT2D eigenvalue weighted by atomic mass is 10.3. The number of hydrogen-bond acceptors (Lipinski definition) is 3. The van der Waals surface area contributed by atoms with Gasteiger partial charge in [0.1, 0.15) is 0 Å². The third-order valence-electron chi connectivity index (χ3n) is 1.98. The van der Waals surface area contributed by atoms with Gasteiger partial charge in [-0.05, 0) is 40.2 Å². The van der Waals surface area contributed by atoms with Crippen molar-refractivity contribution < 1.29 is 4.79 Å². The van der Waals surface area contributed by atoms with Crippen LogP contribution >= 0.6 is 27.3 Å². The van der Waals surface area contributed by atoms with Gasteiger partial charge in [-0.15, -0.1) is 11.3 Å². The Morgan fingerprint density at radius 3 is 2.67 bits per heavy atom. The van der Waals surface area contributed by atoms with E-state index in [2.05, 4.69) is 31.8 Å². The van der Waals surface area contributed by atoms with E-state index >= 15 is 0 Å². The molecular formula is C12H10BrN3OS. The third-order valence-corrected chi connectivity index (χ3v) is 3.54. The minimum atomic E-state index is -0.368. The third kappa shape index (κ3) is 3.97. The van der Waals surface area contributed by atoms with Crippen molar-refractivity contribution in [3.63, 3.8) is 0 Å². The molecule has 0 bridgehead atoms. The van der Waals surface area contributed by atoms with Gasteiger partial charge in [0.2, 0.25) is 0 Å². The fraction of sp³-hybridized carbons (Fsp3) is 0. The first-order valence-electron chi connectivity index (χ1n) is 5.14. The van der Waals surface area contributed by atoms with Crippen molar-refractivity contribution in [2.75, 3.05) is 5.32 Å². The predicted octanol–water partition coefficient (Wildman–Crippen LogP) is 3.67. The minimum Gasteiger partial charge on any atom is -0.307 e. The van der Waals surface area contributed by atoms with Crippen LogP contribution in [0.2, 0.25) is 0 Å². The molecule has 0 atom stereocenters. The number of amides is 2. The molecule has 0 aliphatic rings. The highest BCUT2D eigenvalue weighted by Gasteiger charge is 1.98. The second-order valence-corrected chi connectivity index (χ2v) is 5.83. The van der Waals surface area contributed by atoms with Gasteiger partial charge in [0, 0.05) is 10.6 Å². The number of para-hydroxylation sites is 1. The van der Waals surface area contributed by atoms with Gasteiger partial charge in [0.15, 0.2) is 0 Å². The lowest BCUT2D eigenvalue weighted by Gasteiger charge is -2.02. The smallest absolute Gasteiger partial charge is 0.307 e. The molecule has 0 saturated carbocycles. The Labute approximate surface area is 117 Å². The van der Waals surface area contributed by atoms with Gasteiger partial charge in [-0.1, -0.05) is 18.2 Å². The van der Waals surface area contributed by atoms with Crippen molar-refractivity contribution in [2.24, 2.45) is 5.10 Å². The van der Waals surface area contributed by atoms with Crippen molar-refractivity contribution in [1.82, 2.24) is 5.43 Å². The number of nitrogens with zero attached hydrogens (tertiary/aromatic N) is 1. The summed E-state index contributed by atoms with van der Waals surface area (Å²) in [6.07, 6.45) is 1.60. The van der Waals surface area contributed by atoms with Crippen molar-refractivity contribution in [2.45, 2.75) is 0 Å². The molecule has 0 spiro atoms. The maximum Gasteiger partial charge on any atom is 0.339 e. The standard InChI is InChI=1S/C12H10BrN3OS/c13-11-7-6-10(18-11)8-14-16-12(17)15-9-4-2-1-3-5-9/h1-8H,(H2,15,16,17)/b14-8+. The molecule has 4 nitrogen and oxygen atoms in total. The molecule has 2 N–H and O–H groups in total. The van der Waals surface area contributed by atoms with E-state index in [9.17, 15) is 4.79 Å². The van der Waals surface area contributed by atoms with E-state index in [1.807, 2.05) is 30.3 Å². The molecule has 2 amide bonds. The monoisotopic (exact) mass is 323 g/mol. The highest BCUT2D eigenvalue weighted by atomic mass is 79.9. The van der Waals surface area contributed by atoms with Crippen LogP contribution in [0.1, 0.15) is 4.88 Å². The minimum absolute atomic E-state index is 0.368. The number of hydrogen-bond donors (Lipinski definition) is 2. The summed E-state index contributed by atoms with van der Waals surface area (Å²) < 4.78 is 1.03. The average molecular weight is 324 g/mol. The summed E-state index contributed by atoms with van der Waals surface area (Å²) >= 11 is 4.89. The molecule has 0 saturated heterocycles. The molecule has 2 aromatic rings. The van der Waals surface area contributed by atoms with E-state index < -0.39 is 0 Å². The molecule has 92 valence electrons. The zero-order valence-electron chi connectivity index (χ0n) is 9.26. The lowest BCUT2D eigenvalue weighted by molar-refractivity contribution is 0.252. The first-order chi connectivity index (χ1) is 8.74. The van der Waals surface area contributed by atoms with Gasteiger partial charge in [-0.25, -0.2) is 10.2 Å². The Kier molecular flexibility index (Phi) is 4.49. The topological polar surface area (TPSA) is 53.5 Å². The Hall–Kier alpha value is -1.66. The lowest BCUT2D eigenvalue weighted by Crippen LogP contribution is -2.24. The van der Waals surface area contributed by atoms with E-state index in [0.29, 0.717) is 0 Å². The summed E-state index contributed by atoms with van der Waals surface area (Å²) in [5.74, 6) is 0. The SMILES string of the molecule is O=C(N/N=C/c1ccc(Br)s1)Nc1ccccc1. The zero-order chi connectivity index (χ0) is 12.8. The molecule has 2 rings (SSSR count). The number of nitrogens with one attached hydrogen (secondary N) is 2. The molecule has 0 unspecified atom stereocenters. The Balaban J connectivity index is 1.83. The van der Waals surface area contributed by atoms with Crippen molar-refractivity contribution in [1.29, 1.82) is 0 Å². The molecule has 1 aromatic heterocycles. The summed E-state index contributed by atoms with van der Waals surface area (Å²) in [6.45, 7) is 0. The van der Waals surface area contributed by atoms with Crippen LogP contribution in [0.3, 0.4) is 0 Å². The van der Waals surface area contributed by atoms with Crippen LogP contribution in [0.4, 0.5) is 10.5 Å². The normalized spacial score (nSPS) is 10.5. The van der Waals surface area contributed by atoms with Gasteiger partial charge in [-0.3, -0.25) is 0 Å². The van der Waals surface area contributed by atoms with E-state index in [-0.39, 0.29) is 6.03 Å². The van der Waals surface area contributed by atoms with Crippen LogP contribution in [-0.4, -0.2) is 12.2 Å². The molecule has 1 aromatic carbocycles. The van der Waals surface area contributed by atoms with Crippen molar-refractivity contribution >= 4 is 45.2 Å². The summed E-state index contributed by atoms with van der Waals surface area (Å²) in [4.78, 5) is 12.4. The molecule has 6 heteroatoms. The van der Waals surface area contributed by atoms with Crippen LogP contribution in [0.25, 0.3) is 0 Å². The van der Waals surface area contributed by atoms with Gasteiger partial charge in [0.05, 0.1) is 10.0 Å². The van der Waals surface area contributed by atoms with E-state index in [1.54, 1.807) is 18.3 Å². The zero-order valence-corrected chi connectivity index (χ0v) is 11.7. The number of benzene rings is 1. The molecule has 0 fully saturated rings. The molecular weight excluding hydrogens is 314 g/mol. The number of rotatable bonds is 3. The second kappa shape index (κ2) is 6.32. The second-order valence-electron chi connectivity index (χ2n) is 3.33. The number of carbonyl (C=O) groups excluding carboxylic acids is 1. The van der Waals surface area contributed by atoms with Crippen LogP contribution < -0.4 is 10.7 Å². The Bertz CT molecular complexity index is 553. The van der Waals surface area contributed by atoms with E-state index in [1.165, 1.54) is 11.3 Å². The van der Waals surface area contributed by atoms with Gasteiger partial charge in [0.25, 0.3) is 0 Å². The van der Waals surface area contributed by atoms with Crippen molar-refractivity contribution in [3.8, 4) is 0 Å². The van der Waals surface area contributed by atoms with Crippen LogP contribution in [0, 0.1) is 0 Å². The first kappa shape index (κ1) is 12.8. The van der Waals surface area contributed by atoms with Crippen LogP contribution in [0.5, 0.6) is 0 Å². The number of halogens is 1. The predicted molar refractivity (Wildman–Crippen MR) is 78.2 cm³/mol. The quantitative estimate of drug-likeness (QED) is 0.657. The number of anilines is 1. The maximum atomic E-state index is 11.5. The largest absolute Gasteiger partial charge is 0.339 e. The summed E-state index contributed by atoms with van der Waals surface area (Å²) in [5, 5.41) is 6.52. The molecule has 0 aliphatic carbocycles. The number of carbonyl (C=O) groups is 1. The highest BCUT2D eigenvalue weighted by Crippen LogP contribution is 2.20. The molecule has 18 heavy (non-hydrogen) atoms. The molecule has 1 heterocycles. The molecule has 0 aliphatic heterocycles. The fourth-order valence-corrected chi connectivity index (χ4v) is 2.53. The Morgan fingerprint density at radius 2 is 2.00 bits per heavy atom. The van der Waals surface area contributed by atoms with E-state index in [0.717, 1.165) is 14.4 Å². The van der Waals surface area contributed by atoms with E-state index in [4.69, 9.17) is 0 Å². The number of urea groups is 1. The average Bonchev–Trinajstić information content (AvgIpc) is 2.76. The van der Waals surface area contributed by atoms with Crippen LogP contribution in [0.15, 0.2) is 51.4 Å².